The van der Waals surface area contributed by atoms with Crippen LogP contribution in [0.3, 0.4) is 0 Å². The topological polar surface area (TPSA) is 40.5 Å². The van der Waals surface area contributed by atoms with E-state index in [0.29, 0.717) is 17.4 Å². The van der Waals surface area contributed by atoms with Crippen molar-refractivity contribution in [2.24, 2.45) is 5.92 Å². The van der Waals surface area contributed by atoms with Gasteiger partial charge in [-0.15, -0.1) is 0 Å². The van der Waals surface area contributed by atoms with E-state index >= 15 is 0 Å². The van der Waals surface area contributed by atoms with Crippen LogP contribution in [0.25, 0.3) is 0 Å². The van der Waals surface area contributed by atoms with E-state index in [4.69, 9.17) is 5.11 Å². The number of carbonyl (C=O) groups is 1. The van der Waals surface area contributed by atoms with Crippen molar-refractivity contribution in [1.82, 2.24) is 0 Å². The maximum absolute atomic E-state index is 11.1. The summed E-state index contributed by atoms with van der Waals surface area (Å²) in [5.41, 5.74) is 2.73. The molecule has 0 aliphatic carbocycles. The minimum atomic E-state index is -0.848. The molecule has 1 aliphatic rings. The number of nitrogens with zero attached hydrogens (tertiary/aromatic N) is 1. The Morgan fingerprint density at radius 3 is 2.67 bits per heavy atom. The van der Waals surface area contributed by atoms with Crippen molar-refractivity contribution in [2.75, 3.05) is 18.0 Å². The standard InChI is InChI=1S/C15H21NO2/c1-10(2)13-5-4-12(15(17)18)8-14(13)16-7-6-11(3)9-16/h4-5,8,10-11H,6-7,9H2,1-3H3,(H,17,18). The molecule has 2 rings (SSSR count). The van der Waals surface area contributed by atoms with E-state index in [0.717, 1.165) is 18.8 Å². The average molecular weight is 247 g/mol. The summed E-state index contributed by atoms with van der Waals surface area (Å²) in [7, 11) is 0. The third-order valence-corrected chi connectivity index (χ3v) is 3.66. The lowest BCUT2D eigenvalue weighted by atomic mass is 9.98. The molecule has 3 heteroatoms. The summed E-state index contributed by atoms with van der Waals surface area (Å²) >= 11 is 0. The fourth-order valence-electron chi connectivity index (χ4n) is 2.59. The summed E-state index contributed by atoms with van der Waals surface area (Å²) in [4.78, 5) is 13.4. The van der Waals surface area contributed by atoms with Crippen molar-refractivity contribution in [3.05, 3.63) is 29.3 Å². The van der Waals surface area contributed by atoms with Gasteiger partial charge in [-0.2, -0.15) is 0 Å². The van der Waals surface area contributed by atoms with E-state index in [2.05, 4.69) is 25.7 Å². The second kappa shape index (κ2) is 5.01. The Labute approximate surface area is 108 Å². The molecule has 3 nitrogen and oxygen atoms in total. The number of hydrogen-bond acceptors (Lipinski definition) is 2. The number of anilines is 1. The van der Waals surface area contributed by atoms with Gasteiger partial charge in [0.2, 0.25) is 0 Å². The highest BCUT2D eigenvalue weighted by molar-refractivity contribution is 5.89. The molecule has 1 aromatic carbocycles. The van der Waals surface area contributed by atoms with Gasteiger partial charge >= 0.3 is 5.97 Å². The minimum Gasteiger partial charge on any atom is -0.478 e. The first-order valence-corrected chi connectivity index (χ1v) is 6.61. The molecule has 1 saturated heterocycles. The van der Waals surface area contributed by atoms with Gasteiger partial charge < -0.3 is 10.0 Å². The number of carboxylic acids is 1. The predicted octanol–water partition coefficient (Wildman–Crippen LogP) is 3.35. The van der Waals surface area contributed by atoms with Gasteiger partial charge in [0.1, 0.15) is 0 Å². The van der Waals surface area contributed by atoms with E-state index in [1.165, 1.54) is 12.0 Å². The highest BCUT2D eigenvalue weighted by Gasteiger charge is 2.22. The second-order valence-corrected chi connectivity index (χ2v) is 5.57. The minimum absolute atomic E-state index is 0.383. The first kappa shape index (κ1) is 12.9. The third-order valence-electron chi connectivity index (χ3n) is 3.66. The van der Waals surface area contributed by atoms with Crippen LogP contribution >= 0.6 is 0 Å². The maximum Gasteiger partial charge on any atom is 0.335 e. The van der Waals surface area contributed by atoms with Crippen molar-refractivity contribution in [2.45, 2.75) is 33.1 Å². The summed E-state index contributed by atoms with van der Waals surface area (Å²) < 4.78 is 0. The SMILES string of the molecule is CC1CCN(c2cc(C(=O)O)ccc2C(C)C)C1. The normalized spacial score (nSPS) is 19.6. The van der Waals surface area contributed by atoms with Gasteiger partial charge in [0.15, 0.2) is 0 Å². The van der Waals surface area contributed by atoms with Crippen LogP contribution in [-0.4, -0.2) is 24.2 Å². The average Bonchev–Trinajstić information content (AvgIpc) is 2.74. The van der Waals surface area contributed by atoms with Crippen LogP contribution < -0.4 is 4.90 Å². The number of benzene rings is 1. The van der Waals surface area contributed by atoms with Crippen LogP contribution in [0.1, 0.15) is 49.0 Å². The molecule has 1 N–H and O–H groups in total. The third kappa shape index (κ3) is 2.50. The lowest BCUT2D eigenvalue weighted by molar-refractivity contribution is 0.0697. The first-order valence-electron chi connectivity index (χ1n) is 6.61. The molecule has 1 heterocycles. The van der Waals surface area contributed by atoms with Crippen molar-refractivity contribution in [1.29, 1.82) is 0 Å². The summed E-state index contributed by atoms with van der Waals surface area (Å²) in [5.74, 6) is 0.260. The molecule has 1 aliphatic heterocycles. The molecule has 1 fully saturated rings. The molecule has 0 spiro atoms. The molecule has 0 radical (unpaired) electrons. The molecule has 0 saturated carbocycles. The Bertz CT molecular complexity index is 454. The van der Waals surface area contributed by atoms with Crippen LogP contribution in [0.4, 0.5) is 5.69 Å². The number of rotatable bonds is 3. The summed E-state index contributed by atoms with van der Waals surface area (Å²) in [6.45, 7) is 8.61. The molecular weight excluding hydrogens is 226 g/mol. The van der Waals surface area contributed by atoms with E-state index in [9.17, 15) is 4.79 Å². The Balaban J connectivity index is 2.40. The highest BCUT2D eigenvalue weighted by Crippen LogP contribution is 2.32. The summed E-state index contributed by atoms with van der Waals surface area (Å²) in [6.07, 6.45) is 1.19. The number of carboxylic acid groups (broad SMARTS) is 1. The molecule has 0 bridgehead atoms. The van der Waals surface area contributed by atoms with Gasteiger partial charge in [-0.25, -0.2) is 4.79 Å². The lowest BCUT2D eigenvalue weighted by Crippen LogP contribution is -2.21. The van der Waals surface area contributed by atoms with Crippen LogP contribution in [0, 0.1) is 5.92 Å². The van der Waals surface area contributed by atoms with Gasteiger partial charge in [-0.05, 0) is 36.0 Å². The quantitative estimate of drug-likeness (QED) is 0.890. The summed E-state index contributed by atoms with van der Waals surface area (Å²) in [5, 5.41) is 9.12. The van der Waals surface area contributed by atoms with E-state index in [1.807, 2.05) is 12.1 Å². The van der Waals surface area contributed by atoms with Gasteiger partial charge in [-0.1, -0.05) is 26.8 Å². The van der Waals surface area contributed by atoms with Crippen LogP contribution in [0.5, 0.6) is 0 Å². The zero-order chi connectivity index (χ0) is 13.3. The van der Waals surface area contributed by atoms with Crippen molar-refractivity contribution in [3.63, 3.8) is 0 Å². The fraction of sp³-hybridized carbons (Fsp3) is 0.533. The van der Waals surface area contributed by atoms with Gasteiger partial charge in [0.05, 0.1) is 5.56 Å². The largest absolute Gasteiger partial charge is 0.478 e. The van der Waals surface area contributed by atoms with Crippen LogP contribution in [-0.2, 0) is 0 Å². The van der Waals surface area contributed by atoms with Gasteiger partial charge in [-0.3, -0.25) is 0 Å². The Hall–Kier alpha value is -1.51. The molecule has 0 aromatic heterocycles. The number of aromatic carboxylic acids is 1. The van der Waals surface area contributed by atoms with E-state index in [-0.39, 0.29) is 0 Å². The molecule has 1 unspecified atom stereocenters. The summed E-state index contributed by atoms with van der Waals surface area (Å²) in [6, 6.07) is 5.50. The maximum atomic E-state index is 11.1. The second-order valence-electron chi connectivity index (χ2n) is 5.57. The van der Waals surface area contributed by atoms with E-state index in [1.54, 1.807) is 6.07 Å². The zero-order valence-corrected chi connectivity index (χ0v) is 11.3. The highest BCUT2D eigenvalue weighted by atomic mass is 16.4. The molecule has 0 amide bonds. The molecule has 1 atom stereocenters. The Morgan fingerprint density at radius 1 is 1.44 bits per heavy atom. The first-order chi connectivity index (χ1) is 8.49. The van der Waals surface area contributed by atoms with Crippen LogP contribution in [0.15, 0.2) is 18.2 Å². The van der Waals surface area contributed by atoms with Crippen molar-refractivity contribution in [3.8, 4) is 0 Å². The molecule has 1 aromatic rings. The Kier molecular flexibility index (Phi) is 3.60. The van der Waals surface area contributed by atoms with Gasteiger partial charge in [0.25, 0.3) is 0 Å². The predicted molar refractivity (Wildman–Crippen MR) is 73.5 cm³/mol. The monoisotopic (exact) mass is 247 g/mol. The fourth-order valence-corrected chi connectivity index (χ4v) is 2.59. The zero-order valence-electron chi connectivity index (χ0n) is 11.3. The number of hydrogen-bond donors (Lipinski definition) is 1. The van der Waals surface area contributed by atoms with Crippen molar-refractivity contribution < 1.29 is 9.90 Å². The smallest absolute Gasteiger partial charge is 0.335 e. The van der Waals surface area contributed by atoms with Gasteiger partial charge in [0, 0.05) is 18.8 Å². The molecule has 18 heavy (non-hydrogen) atoms. The van der Waals surface area contributed by atoms with Crippen molar-refractivity contribution >= 4 is 11.7 Å². The Morgan fingerprint density at radius 2 is 2.17 bits per heavy atom. The van der Waals surface area contributed by atoms with Crippen LogP contribution in [0.2, 0.25) is 0 Å². The lowest BCUT2D eigenvalue weighted by Gasteiger charge is -2.24. The van der Waals surface area contributed by atoms with E-state index < -0.39 is 5.97 Å². The molecular formula is C15H21NO2. The molecule has 98 valence electrons.